The van der Waals surface area contributed by atoms with Crippen molar-refractivity contribution in [3.8, 4) is 0 Å². The number of carbonyl (C=O) groups is 2. The minimum atomic E-state index is -0.115. The van der Waals surface area contributed by atoms with Crippen LogP contribution in [0, 0.1) is 23.7 Å². The van der Waals surface area contributed by atoms with Crippen LogP contribution in [0.1, 0.15) is 31.7 Å². The zero-order chi connectivity index (χ0) is 19.7. The van der Waals surface area contributed by atoms with E-state index < -0.39 is 0 Å². The van der Waals surface area contributed by atoms with Gasteiger partial charge in [-0.05, 0) is 47.6 Å². The van der Waals surface area contributed by atoms with Crippen molar-refractivity contribution >= 4 is 53.1 Å². The first kappa shape index (κ1) is 22.3. The average molecular weight is 528 g/mol. The zero-order valence-corrected chi connectivity index (χ0v) is 20.0. The number of hydrogen-bond donors (Lipinski definition) is 2. The number of allylic oxidation sites excluding steroid dienone is 2. The van der Waals surface area contributed by atoms with E-state index in [0.717, 1.165) is 18.9 Å². The first-order chi connectivity index (χ1) is 13.6. The Bertz CT molecular complexity index is 765. The number of carbonyl (C=O) groups excluding carboxylic acids is 2. The third kappa shape index (κ3) is 4.38. The molecule has 2 heterocycles. The van der Waals surface area contributed by atoms with E-state index in [1.54, 1.807) is 11.3 Å². The molecule has 1 aromatic heterocycles. The van der Waals surface area contributed by atoms with Crippen LogP contribution in [0.3, 0.4) is 0 Å². The minimum Gasteiger partial charge on any atom is -0.357 e. The smallest absolute Gasteiger partial charge is 0.233 e. The molecule has 2 N–H and O–H groups in total. The minimum absolute atomic E-state index is 0. The number of rotatable bonds is 7. The van der Waals surface area contributed by atoms with Gasteiger partial charge in [-0.2, -0.15) is 11.3 Å². The second-order valence-corrected chi connectivity index (χ2v) is 8.71. The van der Waals surface area contributed by atoms with Crippen molar-refractivity contribution in [2.75, 3.05) is 26.2 Å². The SMILES string of the molecule is CCNC(=NCC(C)c1ccsc1)NCCN1C(=O)C2C3C=CC(C3)C2C1=O.I. The van der Waals surface area contributed by atoms with Crippen LogP contribution in [0.15, 0.2) is 34.0 Å². The van der Waals surface area contributed by atoms with Gasteiger partial charge >= 0.3 is 0 Å². The Balaban J connectivity index is 0.00000240. The van der Waals surface area contributed by atoms with Crippen molar-refractivity contribution in [3.63, 3.8) is 0 Å². The second kappa shape index (κ2) is 9.59. The van der Waals surface area contributed by atoms with Crippen LogP contribution in [0.25, 0.3) is 0 Å². The van der Waals surface area contributed by atoms with Gasteiger partial charge in [0, 0.05) is 32.1 Å². The van der Waals surface area contributed by atoms with Crippen LogP contribution in [0.4, 0.5) is 0 Å². The first-order valence-corrected chi connectivity index (χ1v) is 11.1. The molecule has 1 saturated heterocycles. The molecule has 0 aromatic carbocycles. The molecule has 0 spiro atoms. The Morgan fingerprint density at radius 2 is 1.93 bits per heavy atom. The number of imide groups is 1. The van der Waals surface area contributed by atoms with Gasteiger partial charge in [0.2, 0.25) is 11.8 Å². The number of guanidine groups is 1. The number of halogens is 1. The van der Waals surface area contributed by atoms with E-state index in [9.17, 15) is 9.59 Å². The maximum Gasteiger partial charge on any atom is 0.233 e. The van der Waals surface area contributed by atoms with Crippen LogP contribution in [-0.4, -0.2) is 48.9 Å². The number of nitrogens with zero attached hydrogens (tertiary/aromatic N) is 2. The van der Waals surface area contributed by atoms with Gasteiger partial charge in [-0.3, -0.25) is 19.5 Å². The molecular weight excluding hydrogens is 499 g/mol. The van der Waals surface area contributed by atoms with Crippen molar-refractivity contribution < 1.29 is 9.59 Å². The Morgan fingerprint density at radius 1 is 1.24 bits per heavy atom. The summed E-state index contributed by atoms with van der Waals surface area (Å²) < 4.78 is 0. The fourth-order valence-corrected chi connectivity index (χ4v) is 5.48. The topological polar surface area (TPSA) is 73.8 Å². The summed E-state index contributed by atoms with van der Waals surface area (Å²) in [5.41, 5.74) is 1.30. The van der Waals surface area contributed by atoms with Gasteiger partial charge in [-0.15, -0.1) is 24.0 Å². The van der Waals surface area contributed by atoms with Gasteiger partial charge in [0.05, 0.1) is 11.8 Å². The third-order valence-corrected chi connectivity index (χ3v) is 6.87. The Morgan fingerprint density at radius 3 is 2.52 bits per heavy atom. The van der Waals surface area contributed by atoms with Crippen LogP contribution in [-0.2, 0) is 9.59 Å². The van der Waals surface area contributed by atoms with Gasteiger partial charge in [0.1, 0.15) is 0 Å². The summed E-state index contributed by atoms with van der Waals surface area (Å²) in [6, 6.07) is 2.13. The molecule has 1 saturated carbocycles. The summed E-state index contributed by atoms with van der Waals surface area (Å²) in [6.07, 6.45) is 5.23. The van der Waals surface area contributed by atoms with Crippen molar-refractivity contribution in [2.24, 2.45) is 28.7 Å². The highest BCUT2D eigenvalue weighted by Gasteiger charge is 2.58. The largest absolute Gasteiger partial charge is 0.357 e. The fourth-order valence-electron chi connectivity index (χ4n) is 4.70. The van der Waals surface area contributed by atoms with E-state index in [4.69, 9.17) is 0 Å². The standard InChI is InChI=1S/C21H28N4O2S.HI/c1-3-22-21(24-11-13(2)16-6-9-28-12-16)23-7-8-25-19(26)17-14-4-5-15(10-14)18(17)20(25)27;/h4-6,9,12-15,17-18H,3,7-8,10-11H2,1-2H3,(H2,22,23,24);1H. The van der Waals surface area contributed by atoms with Gasteiger partial charge < -0.3 is 10.6 Å². The molecule has 4 rings (SSSR count). The number of nitrogens with one attached hydrogen (secondary N) is 2. The Kier molecular flexibility index (Phi) is 7.37. The molecule has 2 aliphatic carbocycles. The van der Waals surface area contributed by atoms with Crippen LogP contribution in [0.5, 0.6) is 0 Å². The number of amides is 2. The summed E-state index contributed by atoms with van der Waals surface area (Å²) in [7, 11) is 0. The summed E-state index contributed by atoms with van der Waals surface area (Å²) in [4.78, 5) is 31.6. The number of aliphatic imine (C=N–C) groups is 1. The molecule has 29 heavy (non-hydrogen) atoms. The summed E-state index contributed by atoms with van der Waals surface area (Å²) >= 11 is 1.70. The molecule has 8 heteroatoms. The number of hydrogen-bond acceptors (Lipinski definition) is 4. The van der Waals surface area contributed by atoms with Crippen molar-refractivity contribution in [1.82, 2.24) is 15.5 Å². The molecule has 2 fully saturated rings. The molecule has 5 atom stereocenters. The van der Waals surface area contributed by atoms with E-state index in [1.807, 2.05) is 6.92 Å². The maximum absolute atomic E-state index is 12.7. The average Bonchev–Trinajstić information content (AvgIpc) is 3.46. The monoisotopic (exact) mass is 528 g/mol. The molecule has 0 radical (unpaired) electrons. The molecule has 6 nitrogen and oxygen atoms in total. The van der Waals surface area contributed by atoms with Gasteiger partial charge in [-0.1, -0.05) is 19.1 Å². The molecule has 1 aliphatic heterocycles. The number of likely N-dealkylation sites (tertiary alicyclic amines) is 1. The van der Waals surface area contributed by atoms with E-state index in [0.29, 0.717) is 25.6 Å². The highest BCUT2D eigenvalue weighted by molar-refractivity contribution is 14.0. The lowest BCUT2D eigenvalue weighted by molar-refractivity contribution is -0.140. The maximum atomic E-state index is 12.7. The van der Waals surface area contributed by atoms with Gasteiger partial charge in [0.15, 0.2) is 5.96 Å². The predicted molar refractivity (Wildman–Crippen MR) is 127 cm³/mol. The lowest BCUT2D eigenvalue weighted by Crippen LogP contribution is -2.43. The molecule has 2 amide bonds. The zero-order valence-electron chi connectivity index (χ0n) is 16.8. The molecular formula is C21H29IN4O2S. The van der Waals surface area contributed by atoms with E-state index in [2.05, 4.69) is 51.5 Å². The van der Waals surface area contributed by atoms with E-state index >= 15 is 0 Å². The third-order valence-electron chi connectivity index (χ3n) is 6.17. The normalized spacial score (nSPS) is 28.5. The molecule has 1 aromatic rings. The number of fused-ring (bicyclic) bond motifs is 5. The van der Waals surface area contributed by atoms with E-state index in [1.165, 1.54) is 10.5 Å². The van der Waals surface area contributed by atoms with E-state index in [-0.39, 0.29) is 59.5 Å². The van der Waals surface area contributed by atoms with Gasteiger partial charge in [0.25, 0.3) is 0 Å². The second-order valence-electron chi connectivity index (χ2n) is 7.93. The van der Waals surface area contributed by atoms with Crippen molar-refractivity contribution in [3.05, 3.63) is 34.5 Å². The molecule has 158 valence electrons. The lowest BCUT2D eigenvalue weighted by Gasteiger charge is -2.19. The summed E-state index contributed by atoms with van der Waals surface area (Å²) in [5, 5.41) is 10.8. The summed E-state index contributed by atoms with van der Waals surface area (Å²) in [5.74, 6) is 1.41. The molecule has 3 aliphatic rings. The van der Waals surface area contributed by atoms with Crippen LogP contribution < -0.4 is 10.6 Å². The first-order valence-electron chi connectivity index (χ1n) is 10.2. The number of thiophene rings is 1. The summed E-state index contributed by atoms with van der Waals surface area (Å²) in [6.45, 7) is 6.55. The van der Waals surface area contributed by atoms with Crippen molar-refractivity contribution in [2.45, 2.75) is 26.2 Å². The van der Waals surface area contributed by atoms with Crippen LogP contribution in [0.2, 0.25) is 0 Å². The quantitative estimate of drug-likeness (QED) is 0.188. The molecule has 5 unspecified atom stereocenters. The Hall–Kier alpha value is -1.42. The predicted octanol–water partition coefficient (Wildman–Crippen LogP) is 2.83. The lowest BCUT2D eigenvalue weighted by atomic mass is 9.85. The fraction of sp³-hybridized carbons (Fsp3) is 0.571. The Labute approximate surface area is 193 Å². The highest BCUT2D eigenvalue weighted by atomic mass is 127. The van der Waals surface area contributed by atoms with Crippen molar-refractivity contribution in [1.29, 1.82) is 0 Å². The van der Waals surface area contributed by atoms with Gasteiger partial charge in [-0.25, -0.2) is 0 Å². The molecule has 2 bridgehead atoms. The van der Waals surface area contributed by atoms with Crippen LogP contribution >= 0.6 is 35.3 Å². The highest BCUT2D eigenvalue weighted by Crippen LogP contribution is 2.52.